The van der Waals surface area contributed by atoms with Gasteiger partial charge in [-0.25, -0.2) is 4.79 Å². The van der Waals surface area contributed by atoms with E-state index in [-0.39, 0.29) is 18.4 Å². The zero-order valence-corrected chi connectivity index (χ0v) is 15.5. The van der Waals surface area contributed by atoms with Crippen LogP contribution in [-0.4, -0.2) is 26.9 Å². The number of carboxylic acid groups (broad SMARTS) is 1. The summed E-state index contributed by atoms with van der Waals surface area (Å²) in [7, 11) is 1.77. The molecule has 1 atom stereocenters. The monoisotopic (exact) mass is 359 g/mol. The van der Waals surface area contributed by atoms with Crippen molar-refractivity contribution >= 4 is 12.1 Å². The molecule has 26 heavy (non-hydrogen) atoms. The average Bonchev–Trinajstić information content (AvgIpc) is 2.95. The van der Waals surface area contributed by atoms with Crippen molar-refractivity contribution in [3.63, 3.8) is 0 Å². The van der Waals surface area contributed by atoms with Gasteiger partial charge in [-0.2, -0.15) is 5.10 Å². The highest BCUT2D eigenvalue weighted by atomic mass is 16.5. The van der Waals surface area contributed by atoms with Crippen LogP contribution in [0.5, 0.6) is 0 Å². The maximum Gasteiger partial charge on any atom is 0.407 e. The van der Waals surface area contributed by atoms with E-state index >= 15 is 0 Å². The summed E-state index contributed by atoms with van der Waals surface area (Å²) in [5.74, 6) is -1.01. The lowest BCUT2D eigenvalue weighted by molar-refractivity contribution is -0.137. The van der Waals surface area contributed by atoms with E-state index in [2.05, 4.69) is 10.4 Å². The van der Waals surface area contributed by atoms with Crippen molar-refractivity contribution in [2.75, 3.05) is 0 Å². The SMILES string of the molecule is Cn1cc(C(CC(=O)O)NC(=O)OCc2ccccc2)c(C(C)(C)C)n1. The van der Waals surface area contributed by atoms with Gasteiger partial charge in [-0.15, -0.1) is 0 Å². The van der Waals surface area contributed by atoms with Crippen LogP contribution in [0.25, 0.3) is 0 Å². The number of alkyl carbamates (subject to hydrolysis) is 1. The summed E-state index contributed by atoms with van der Waals surface area (Å²) < 4.78 is 6.85. The van der Waals surface area contributed by atoms with Gasteiger partial charge >= 0.3 is 12.1 Å². The average molecular weight is 359 g/mol. The molecule has 0 saturated heterocycles. The standard InChI is InChI=1S/C19H25N3O4/c1-19(2,3)17-14(11-22(4)21-17)15(10-16(23)24)20-18(25)26-12-13-8-6-5-7-9-13/h5-9,11,15H,10,12H2,1-4H3,(H,20,25)(H,23,24). The number of hydrogen-bond donors (Lipinski definition) is 2. The van der Waals surface area contributed by atoms with Gasteiger partial charge in [0.2, 0.25) is 0 Å². The lowest BCUT2D eigenvalue weighted by atomic mass is 9.87. The summed E-state index contributed by atoms with van der Waals surface area (Å²) in [6.45, 7) is 6.09. The lowest BCUT2D eigenvalue weighted by Gasteiger charge is -2.22. The van der Waals surface area contributed by atoms with Crippen LogP contribution in [0, 0.1) is 0 Å². The second-order valence-electron chi connectivity index (χ2n) is 7.21. The first-order valence-corrected chi connectivity index (χ1v) is 8.40. The molecule has 0 fully saturated rings. The van der Waals surface area contributed by atoms with Crippen LogP contribution in [0.1, 0.15) is 50.1 Å². The number of aryl methyl sites for hydroxylation is 1. The normalized spacial score (nSPS) is 12.5. The van der Waals surface area contributed by atoms with Gasteiger partial charge in [-0.1, -0.05) is 51.1 Å². The van der Waals surface area contributed by atoms with E-state index in [1.54, 1.807) is 17.9 Å². The van der Waals surface area contributed by atoms with E-state index in [4.69, 9.17) is 4.74 Å². The molecule has 1 aromatic carbocycles. The number of carboxylic acids is 1. The van der Waals surface area contributed by atoms with Gasteiger partial charge in [0.05, 0.1) is 18.2 Å². The van der Waals surface area contributed by atoms with Gasteiger partial charge in [0.1, 0.15) is 6.61 Å². The summed E-state index contributed by atoms with van der Waals surface area (Å²) in [6, 6.07) is 8.56. The van der Waals surface area contributed by atoms with Gasteiger partial charge in [-0.05, 0) is 5.56 Å². The third-order valence-electron chi connectivity index (χ3n) is 3.83. The van der Waals surface area contributed by atoms with E-state index in [9.17, 15) is 14.7 Å². The summed E-state index contributed by atoms with van der Waals surface area (Å²) in [4.78, 5) is 23.5. The van der Waals surface area contributed by atoms with Gasteiger partial charge in [0.25, 0.3) is 0 Å². The number of hydrogen-bond acceptors (Lipinski definition) is 4. The number of rotatable bonds is 6. The number of aliphatic carboxylic acids is 1. The molecule has 0 aliphatic rings. The number of benzene rings is 1. The Bertz CT molecular complexity index is 763. The van der Waals surface area contributed by atoms with Crippen molar-refractivity contribution in [2.24, 2.45) is 7.05 Å². The van der Waals surface area contributed by atoms with Crippen molar-refractivity contribution in [3.8, 4) is 0 Å². The highest BCUT2D eigenvalue weighted by molar-refractivity contribution is 5.72. The number of amides is 1. The smallest absolute Gasteiger partial charge is 0.407 e. The second-order valence-corrected chi connectivity index (χ2v) is 7.21. The highest BCUT2D eigenvalue weighted by Crippen LogP contribution is 2.30. The Morgan fingerprint density at radius 3 is 2.50 bits per heavy atom. The number of aromatic nitrogens is 2. The van der Waals surface area contributed by atoms with Gasteiger partial charge in [0, 0.05) is 24.2 Å². The Labute approximate surface area is 153 Å². The number of carbonyl (C=O) groups is 2. The summed E-state index contributed by atoms with van der Waals surface area (Å²) in [5.41, 5.74) is 1.99. The van der Waals surface area contributed by atoms with E-state index in [1.807, 2.05) is 51.1 Å². The van der Waals surface area contributed by atoms with Crippen molar-refractivity contribution in [2.45, 2.75) is 45.3 Å². The number of nitrogens with one attached hydrogen (secondary N) is 1. The Balaban J connectivity index is 2.15. The first-order chi connectivity index (χ1) is 12.2. The first-order valence-electron chi connectivity index (χ1n) is 8.40. The molecule has 0 radical (unpaired) electrons. The molecule has 1 amide bonds. The van der Waals surface area contributed by atoms with E-state index < -0.39 is 18.1 Å². The predicted molar refractivity (Wildman–Crippen MR) is 96.7 cm³/mol. The van der Waals surface area contributed by atoms with Crippen LogP contribution in [0.15, 0.2) is 36.5 Å². The van der Waals surface area contributed by atoms with Crippen LogP contribution in [0.3, 0.4) is 0 Å². The number of carbonyl (C=O) groups excluding carboxylic acids is 1. The first kappa shape index (κ1) is 19.5. The fraction of sp³-hybridized carbons (Fsp3) is 0.421. The Kier molecular flexibility index (Phi) is 6.02. The molecule has 2 N–H and O–H groups in total. The van der Waals surface area contributed by atoms with E-state index in [0.717, 1.165) is 11.3 Å². The molecule has 140 valence electrons. The molecule has 0 saturated carbocycles. The van der Waals surface area contributed by atoms with E-state index in [0.29, 0.717) is 5.56 Å². The molecule has 1 heterocycles. The van der Waals surface area contributed by atoms with Crippen LogP contribution < -0.4 is 5.32 Å². The summed E-state index contributed by atoms with van der Waals surface area (Å²) >= 11 is 0. The van der Waals surface area contributed by atoms with Crippen LogP contribution >= 0.6 is 0 Å². The minimum atomic E-state index is -1.01. The Hall–Kier alpha value is -2.83. The van der Waals surface area contributed by atoms with Crippen molar-refractivity contribution in [3.05, 3.63) is 53.3 Å². The van der Waals surface area contributed by atoms with Gasteiger partial charge < -0.3 is 15.2 Å². The lowest BCUT2D eigenvalue weighted by Crippen LogP contribution is -2.32. The maximum absolute atomic E-state index is 12.2. The van der Waals surface area contributed by atoms with Crippen molar-refractivity contribution < 1.29 is 19.4 Å². The molecule has 0 aliphatic carbocycles. The summed E-state index contributed by atoms with van der Waals surface area (Å²) in [6.07, 6.45) is 0.824. The molecule has 2 aromatic rings. The third kappa shape index (κ3) is 5.34. The molecule has 2 rings (SSSR count). The predicted octanol–water partition coefficient (Wildman–Crippen LogP) is 3.16. The van der Waals surface area contributed by atoms with Gasteiger partial charge in [0.15, 0.2) is 0 Å². The van der Waals surface area contributed by atoms with Gasteiger partial charge in [-0.3, -0.25) is 9.48 Å². The number of nitrogens with zero attached hydrogens (tertiary/aromatic N) is 2. The summed E-state index contributed by atoms with van der Waals surface area (Å²) in [5, 5.41) is 16.4. The van der Waals surface area contributed by atoms with E-state index in [1.165, 1.54) is 0 Å². The van der Waals surface area contributed by atoms with Crippen molar-refractivity contribution in [1.82, 2.24) is 15.1 Å². The number of ether oxygens (including phenoxy) is 1. The van der Waals surface area contributed by atoms with Crippen LogP contribution in [-0.2, 0) is 28.6 Å². The third-order valence-corrected chi connectivity index (χ3v) is 3.83. The Morgan fingerprint density at radius 2 is 1.92 bits per heavy atom. The molecule has 7 nitrogen and oxygen atoms in total. The molecule has 1 unspecified atom stereocenters. The molecule has 0 bridgehead atoms. The maximum atomic E-state index is 12.2. The second kappa shape index (κ2) is 8.03. The molecular weight excluding hydrogens is 334 g/mol. The Morgan fingerprint density at radius 1 is 1.27 bits per heavy atom. The quantitative estimate of drug-likeness (QED) is 0.826. The fourth-order valence-corrected chi connectivity index (χ4v) is 2.67. The minimum absolute atomic E-state index is 0.117. The zero-order chi connectivity index (χ0) is 19.3. The molecule has 0 aliphatic heterocycles. The molecular formula is C19H25N3O4. The highest BCUT2D eigenvalue weighted by Gasteiger charge is 2.29. The topological polar surface area (TPSA) is 93.5 Å². The van der Waals surface area contributed by atoms with Crippen LogP contribution in [0.2, 0.25) is 0 Å². The molecule has 1 aromatic heterocycles. The van der Waals surface area contributed by atoms with Crippen LogP contribution in [0.4, 0.5) is 4.79 Å². The molecule has 7 heteroatoms. The zero-order valence-electron chi connectivity index (χ0n) is 15.5. The van der Waals surface area contributed by atoms with Crippen molar-refractivity contribution in [1.29, 1.82) is 0 Å². The largest absolute Gasteiger partial charge is 0.481 e. The molecule has 0 spiro atoms. The fourth-order valence-electron chi connectivity index (χ4n) is 2.67. The minimum Gasteiger partial charge on any atom is -0.481 e.